The summed E-state index contributed by atoms with van der Waals surface area (Å²) in [5, 5.41) is 6.81. The van der Waals surface area contributed by atoms with Crippen LogP contribution in [-0.4, -0.2) is 23.5 Å². The van der Waals surface area contributed by atoms with Crippen LogP contribution >= 0.6 is 11.3 Å². The standard InChI is InChI=1S/C13H24N4OS/c1-5-6-15-13-17-11(14)10(19-13)12(18)16-9(4)7-8(2)3/h8-9H,5-7,14H2,1-4H3,(H,15,17)(H,16,18). The van der Waals surface area contributed by atoms with Gasteiger partial charge in [-0.3, -0.25) is 4.79 Å². The number of hydrogen-bond acceptors (Lipinski definition) is 5. The van der Waals surface area contributed by atoms with Gasteiger partial charge in [0.05, 0.1) is 0 Å². The lowest BCUT2D eigenvalue weighted by Gasteiger charge is -2.15. The van der Waals surface area contributed by atoms with E-state index in [-0.39, 0.29) is 11.9 Å². The van der Waals surface area contributed by atoms with Crippen molar-refractivity contribution in [3.8, 4) is 0 Å². The van der Waals surface area contributed by atoms with Gasteiger partial charge in [-0.1, -0.05) is 32.1 Å². The van der Waals surface area contributed by atoms with Gasteiger partial charge in [0, 0.05) is 12.6 Å². The van der Waals surface area contributed by atoms with Crippen molar-refractivity contribution in [2.24, 2.45) is 5.92 Å². The van der Waals surface area contributed by atoms with E-state index in [0.29, 0.717) is 21.7 Å². The van der Waals surface area contributed by atoms with E-state index >= 15 is 0 Å². The number of rotatable bonds is 7. The first-order valence-electron chi connectivity index (χ1n) is 6.75. The molecule has 0 saturated heterocycles. The minimum atomic E-state index is -0.132. The molecule has 0 fully saturated rings. The molecule has 1 rings (SSSR count). The normalized spacial score (nSPS) is 12.5. The molecule has 4 N–H and O–H groups in total. The highest BCUT2D eigenvalue weighted by molar-refractivity contribution is 7.18. The number of nitrogens with one attached hydrogen (secondary N) is 2. The van der Waals surface area contributed by atoms with Crippen LogP contribution in [0.25, 0.3) is 0 Å². The van der Waals surface area contributed by atoms with Crippen molar-refractivity contribution in [3.63, 3.8) is 0 Å². The Morgan fingerprint density at radius 1 is 1.42 bits per heavy atom. The lowest BCUT2D eigenvalue weighted by molar-refractivity contribution is 0.0941. The van der Waals surface area contributed by atoms with Crippen molar-refractivity contribution in [1.29, 1.82) is 0 Å². The molecule has 0 aliphatic carbocycles. The molecule has 0 bridgehead atoms. The van der Waals surface area contributed by atoms with Gasteiger partial charge in [-0.2, -0.15) is 0 Å². The van der Waals surface area contributed by atoms with Crippen LogP contribution < -0.4 is 16.4 Å². The second-order valence-corrected chi connectivity index (χ2v) is 6.16. The molecule has 1 aromatic rings. The van der Waals surface area contributed by atoms with Gasteiger partial charge in [-0.15, -0.1) is 0 Å². The van der Waals surface area contributed by atoms with E-state index in [1.165, 1.54) is 11.3 Å². The molecule has 0 saturated carbocycles. The van der Waals surface area contributed by atoms with E-state index in [9.17, 15) is 4.79 Å². The molecule has 19 heavy (non-hydrogen) atoms. The minimum absolute atomic E-state index is 0.132. The Bertz CT molecular complexity index is 417. The summed E-state index contributed by atoms with van der Waals surface area (Å²) in [6.07, 6.45) is 1.96. The summed E-state index contributed by atoms with van der Waals surface area (Å²) in [7, 11) is 0. The van der Waals surface area contributed by atoms with Crippen molar-refractivity contribution in [1.82, 2.24) is 10.3 Å². The predicted octanol–water partition coefficient (Wildman–Crippen LogP) is 2.71. The molecule has 1 unspecified atom stereocenters. The Morgan fingerprint density at radius 2 is 2.11 bits per heavy atom. The number of nitrogens with two attached hydrogens (primary N) is 1. The Hall–Kier alpha value is -1.30. The van der Waals surface area contributed by atoms with Gasteiger partial charge >= 0.3 is 0 Å². The van der Waals surface area contributed by atoms with Crippen LogP contribution in [0.1, 0.15) is 50.2 Å². The lowest BCUT2D eigenvalue weighted by Crippen LogP contribution is -2.33. The number of thiazole rings is 1. The van der Waals surface area contributed by atoms with Crippen molar-refractivity contribution < 1.29 is 4.79 Å². The molecule has 0 aliphatic rings. The Kier molecular flexibility index (Phi) is 6.08. The number of carbonyl (C=O) groups excluding carboxylic acids is 1. The molecule has 1 atom stereocenters. The first-order chi connectivity index (χ1) is 8.93. The zero-order valence-corrected chi connectivity index (χ0v) is 12.9. The number of hydrogen-bond donors (Lipinski definition) is 3. The minimum Gasteiger partial charge on any atom is -0.382 e. The first-order valence-corrected chi connectivity index (χ1v) is 7.56. The number of amides is 1. The number of anilines is 2. The van der Waals surface area contributed by atoms with Crippen LogP contribution in [0.5, 0.6) is 0 Å². The summed E-state index contributed by atoms with van der Waals surface area (Å²) in [5.41, 5.74) is 5.79. The highest BCUT2D eigenvalue weighted by atomic mass is 32.1. The molecule has 6 heteroatoms. The average molecular weight is 284 g/mol. The fourth-order valence-corrected chi connectivity index (χ4v) is 2.67. The maximum absolute atomic E-state index is 12.1. The van der Waals surface area contributed by atoms with Crippen molar-refractivity contribution in [2.75, 3.05) is 17.6 Å². The fourth-order valence-electron chi connectivity index (χ4n) is 1.86. The molecule has 1 heterocycles. The molecule has 0 aliphatic heterocycles. The van der Waals surface area contributed by atoms with Gasteiger partial charge in [-0.05, 0) is 25.7 Å². The first kappa shape index (κ1) is 15.8. The van der Waals surface area contributed by atoms with Crippen molar-refractivity contribution in [2.45, 2.75) is 46.6 Å². The molecule has 0 aromatic carbocycles. The topological polar surface area (TPSA) is 80.0 Å². The summed E-state index contributed by atoms with van der Waals surface area (Å²) in [4.78, 5) is 16.8. The Morgan fingerprint density at radius 3 is 2.68 bits per heavy atom. The Balaban J connectivity index is 2.63. The van der Waals surface area contributed by atoms with Gasteiger partial charge < -0.3 is 16.4 Å². The van der Waals surface area contributed by atoms with Gasteiger partial charge in [0.1, 0.15) is 10.7 Å². The van der Waals surface area contributed by atoms with E-state index < -0.39 is 0 Å². The van der Waals surface area contributed by atoms with Crippen molar-refractivity contribution in [3.05, 3.63) is 4.88 Å². The molecule has 1 aromatic heterocycles. The highest BCUT2D eigenvalue weighted by Crippen LogP contribution is 2.25. The van der Waals surface area contributed by atoms with Gasteiger partial charge in [0.2, 0.25) is 0 Å². The zero-order chi connectivity index (χ0) is 14.4. The van der Waals surface area contributed by atoms with E-state index in [1.807, 2.05) is 6.92 Å². The van der Waals surface area contributed by atoms with E-state index in [1.54, 1.807) is 0 Å². The molecule has 108 valence electrons. The van der Waals surface area contributed by atoms with E-state index in [2.05, 4.69) is 36.4 Å². The summed E-state index contributed by atoms with van der Waals surface area (Å²) in [6, 6.07) is 0.140. The number of carbonyl (C=O) groups is 1. The maximum Gasteiger partial charge on any atom is 0.265 e. The third-order valence-corrected chi connectivity index (χ3v) is 3.62. The fraction of sp³-hybridized carbons (Fsp3) is 0.692. The van der Waals surface area contributed by atoms with Crippen LogP contribution in [0.4, 0.5) is 10.9 Å². The van der Waals surface area contributed by atoms with Gasteiger partial charge in [0.25, 0.3) is 5.91 Å². The molecule has 0 spiro atoms. The summed E-state index contributed by atoms with van der Waals surface area (Å²) in [6.45, 7) is 9.18. The maximum atomic E-state index is 12.1. The van der Waals surface area contributed by atoms with E-state index in [4.69, 9.17) is 5.73 Å². The SMILES string of the molecule is CCCNc1nc(N)c(C(=O)NC(C)CC(C)C)s1. The van der Waals surface area contributed by atoms with Gasteiger partial charge in [0.15, 0.2) is 5.13 Å². The Labute approximate surface area is 119 Å². The lowest BCUT2D eigenvalue weighted by atomic mass is 10.1. The van der Waals surface area contributed by atoms with Crippen LogP contribution in [0.2, 0.25) is 0 Å². The molecule has 0 radical (unpaired) electrons. The molecule has 5 nitrogen and oxygen atoms in total. The number of nitrogen functional groups attached to an aromatic ring is 1. The third-order valence-electron chi connectivity index (χ3n) is 2.59. The van der Waals surface area contributed by atoms with Crippen LogP contribution in [0.3, 0.4) is 0 Å². The smallest absolute Gasteiger partial charge is 0.265 e. The second-order valence-electron chi connectivity index (χ2n) is 5.16. The molecular formula is C13H24N4OS. The van der Waals surface area contributed by atoms with Crippen LogP contribution in [-0.2, 0) is 0 Å². The summed E-state index contributed by atoms with van der Waals surface area (Å²) >= 11 is 1.31. The van der Waals surface area contributed by atoms with Crippen LogP contribution in [0.15, 0.2) is 0 Å². The molecule has 1 amide bonds. The predicted molar refractivity (Wildman–Crippen MR) is 81.7 cm³/mol. The average Bonchev–Trinajstić information content (AvgIpc) is 2.66. The van der Waals surface area contributed by atoms with Gasteiger partial charge in [-0.25, -0.2) is 4.98 Å². The van der Waals surface area contributed by atoms with Crippen molar-refractivity contribution >= 4 is 28.2 Å². The summed E-state index contributed by atoms with van der Waals surface area (Å²) in [5.74, 6) is 0.724. The zero-order valence-electron chi connectivity index (χ0n) is 12.1. The largest absolute Gasteiger partial charge is 0.382 e. The second kappa shape index (κ2) is 7.33. The third kappa shape index (κ3) is 5.06. The summed E-state index contributed by atoms with van der Waals surface area (Å²) < 4.78 is 0. The van der Waals surface area contributed by atoms with Crippen LogP contribution in [0, 0.1) is 5.92 Å². The number of aromatic nitrogens is 1. The number of nitrogens with zero attached hydrogens (tertiary/aromatic N) is 1. The van der Waals surface area contributed by atoms with E-state index in [0.717, 1.165) is 19.4 Å². The molecular weight excluding hydrogens is 260 g/mol. The highest BCUT2D eigenvalue weighted by Gasteiger charge is 2.18. The monoisotopic (exact) mass is 284 g/mol. The quantitative estimate of drug-likeness (QED) is 0.719.